The summed E-state index contributed by atoms with van der Waals surface area (Å²) in [6, 6.07) is 0.549. The second-order valence-electron chi connectivity index (χ2n) is 8.08. The van der Waals surface area contributed by atoms with Crippen molar-refractivity contribution in [1.82, 2.24) is 10.6 Å². The molecule has 5 heteroatoms. The predicted molar refractivity (Wildman–Crippen MR) is 94.2 cm³/mol. The largest absolute Gasteiger partial charge is 0.353 e. The maximum absolute atomic E-state index is 12.5. The lowest BCUT2D eigenvalue weighted by Crippen LogP contribution is -2.45. The van der Waals surface area contributed by atoms with Crippen LogP contribution in [0.15, 0.2) is 0 Å². The van der Waals surface area contributed by atoms with E-state index in [1.54, 1.807) is 0 Å². The van der Waals surface area contributed by atoms with E-state index in [9.17, 15) is 9.59 Å². The number of rotatable bonds is 5. The molecule has 2 atom stereocenters. The minimum atomic E-state index is 0.114. The van der Waals surface area contributed by atoms with Crippen molar-refractivity contribution in [2.75, 3.05) is 6.54 Å². The first-order chi connectivity index (χ1) is 11.7. The number of hydrogen-bond donors (Lipinski definition) is 3. The topological polar surface area (TPSA) is 84.2 Å². The van der Waals surface area contributed by atoms with Gasteiger partial charge in [-0.1, -0.05) is 19.3 Å². The van der Waals surface area contributed by atoms with Crippen molar-refractivity contribution in [3.8, 4) is 0 Å². The average molecular weight is 335 g/mol. The van der Waals surface area contributed by atoms with E-state index in [0.29, 0.717) is 12.5 Å². The lowest BCUT2D eigenvalue weighted by molar-refractivity contribution is -0.127. The third kappa shape index (κ3) is 4.29. The first-order valence-corrected chi connectivity index (χ1v) is 9.98. The molecule has 0 spiro atoms. The van der Waals surface area contributed by atoms with Gasteiger partial charge in [-0.2, -0.15) is 0 Å². The molecule has 3 aliphatic carbocycles. The highest BCUT2D eigenvalue weighted by Crippen LogP contribution is 2.29. The Morgan fingerprint density at radius 1 is 0.750 bits per heavy atom. The molecule has 3 aliphatic rings. The zero-order valence-electron chi connectivity index (χ0n) is 14.8. The Balaban J connectivity index is 1.39. The van der Waals surface area contributed by atoms with Crippen LogP contribution in [0, 0.1) is 17.8 Å². The number of carbonyl (C=O) groups excluding carboxylic acids is 2. The molecular weight excluding hydrogens is 302 g/mol. The molecule has 0 aliphatic heterocycles. The Kier molecular flexibility index (Phi) is 6.14. The van der Waals surface area contributed by atoms with Crippen LogP contribution in [-0.4, -0.2) is 30.4 Å². The molecule has 3 fully saturated rings. The SMILES string of the molecule is NCC1CCCC1NC(=O)C1CCC(NC(=O)C2CCCC2)CC1. The second kappa shape index (κ2) is 8.32. The molecular formula is C19H33N3O2. The lowest BCUT2D eigenvalue weighted by atomic mass is 9.85. The smallest absolute Gasteiger partial charge is 0.223 e. The molecule has 0 heterocycles. The van der Waals surface area contributed by atoms with Crippen molar-refractivity contribution >= 4 is 11.8 Å². The first kappa shape index (κ1) is 17.7. The van der Waals surface area contributed by atoms with Crippen LogP contribution in [0.2, 0.25) is 0 Å². The maximum Gasteiger partial charge on any atom is 0.223 e. The Labute approximate surface area is 145 Å². The van der Waals surface area contributed by atoms with Crippen LogP contribution >= 0.6 is 0 Å². The fourth-order valence-electron chi connectivity index (χ4n) is 4.82. The summed E-state index contributed by atoms with van der Waals surface area (Å²) in [5.41, 5.74) is 5.80. The molecule has 0 radical (unpaired) electrons. The summed E-state index contributed by atoms with van der Waals surface area (Å²) < 4.78 is 0. The normalized spacial score (nSPS) is 34.2. The zero-order chi connectivity index (χ0) is 16.9. The van der Waals surface area contributed by atoms with Gasteiger partial charge in [0.15, 0.2) is 0 Å². The summed E-state index contributed by atoms with van der Waals surface area (Å²) in [6.45, 7) is 0.672. The molecule has 0 saturated heterocycles. The summed E-state index contributed by atoms with van der Waals surface area (Å²) in [4.78, 5) is 24.7. The predicted octanol–water partition coefficient (Wildman–Crippen LogP) is 2.10. The van der Waals surface area contributed by atoms with Crippen molar-refractivity contribution < 1.29 is 9.59 Å². The molecule has 136 valence electrons. The van der Waals surface area contributed by atoms with E-state index >= 15 is 0 Å². The van der Waals surface area contributed by atoms with E-state index < -0.39 is 0 Å². The Morgan fingerprint density at radius 2 is 1.38 bits per heavy atom. The van der Waals surface area contributed by atoms with E-state index in [1.165, 1.54) is 19.3 Å². The highest BCUT2D eigenvalue weighted by molar-refractivity contribution is 5.80. The molecule has 3 saturated carbocycles. The number of hydrogen-bond acceptors (Lipinski definition) is 3. The molecule has 0 bridgehead atoms. The van der Waals surface area contributed by atoms with Crippen molar-refractivity contribution in [2.45, 2.75) is 82.7 Å². The Hall–Kier alpha value is -1.10. The van der Waals surface area contributed by atoms with Gasteiger partial charge in [-0.15, -0.1) is 0 Å². The van der Waals surface area contributed by atoms with E-state index in [0.717, 1.165) is 51.4 Å². The van der Waals surface area contributed by atoms with Crippen molar-refractivity contribution in [2.24, 2.45) is 23.5 Å². The van der Waals surface area contributed by atoms with Crippen molar-refractivity contribution in [1.29, 1.82) is 0 Å². The van der Waals surface area contributed by atoms with Crippen LogP contribution in [0.25, 0.3) is 0 Å². The third-order valence-corrected chi connectivity index (χ3v) is 6.46. The third-order valence-electron chi connectivity index (χ3n) is 6.46. The second-order valence-corrected chi connectivity index (χ2v) is 8.08. The van der Waals surface area contributed by atoms with Gasteiger partial charge in [-0.25, -0.2) is 0 Å². The van der Waals surface area contributed by atoms with Crippen LogP contribution < -0.4 is 16.4 Å². The number of nitrogens with one attached hydrogen (secondary N) is 2. The fourth-order valence-corrected chi connectivity index (χ4v) is 4.82. The fraction of sp³-hybridized carbons (Fsp3) is 0.895. The quantitative estimate of drug-likeness (QED) is 0.719. The number of carbonyl (C=O) groups is 2. The van der Waals surface area contributed by atoms with Crippen molar-refractivity contribution in [3.63, 3.8) is 0 Å². The van der Waals surface area contributed by atoms with Crippen LogP contribution in [0.4, 0.5) is 0 Å². The molecule has 0 aromatic carbocycles. The molecule has 0 aromatic rings. The van der Waals surface area contributed by atoms with Gasteiger partial charge in [0.1, 0.15) is 0 Å². The molecule has 24 heavy (non-hydrogen) atoms. The van der Waals surface area contributed by atoms with Crippen LogP contribution in [-0.2, 0) is 9.59 Å². The summed E-state index contributed by atoms with van der Waals surface area (Å²) in [5, 5.41) is 6.47. The Bertz CT molecular complexity index is 440. The average Bonchev–Trinajstić information content (AvgIpc) is 3.27. The standard InChI is InChI=1S/C19H33N3O2/c20-12-15-6-3-7-17(15)22-19(24)14-8-10-16(11-9-14)21-18(23)13-4-1-2-5-13/h13-17H,1-12,20H2,(H,21,23)(H,22,24). The van der Waals surface area contributed by atoms with Gasteiger partial charge in [0, 0.05) is 23.9 Å². The van der Waals surface area contributed by atoms with Gasteiger partial charge in [0.05, 0.1) is 0 Å². The van der Waals surface area contributed by atoms with Gasteiger partial charge >= 0.3 is 0 Å². The number of nitrogens with two attached hydrogens (primary N) is 1. The first-order valence-electron chi connectivity index (χ1n) is 9.98. The molecule has 2 unspecified atom stereocenters. The Morgan fingerprint density at radius 3 is 2.04 bits per heavy atom. The van der Waals surface area contributed by atoms with Crippen molar-refractivity contribution in [3.05, 3.63) is 0 Å². The minimum absolute atomic E-state index is 0.114. The van der Waals surface area contributed by atoms with E-state index in [4.69, 9.17) is 5.73 Å². The van der Waals surface area contributed by atoms with E-state index in [2.05, 4.69) is 10.6 Å². The van der Waals surface area contributed by atoms with Gasteiger partial charge in [-0.3, -0.25) is 9.59 Å². The van der Waals surface area contributed by atoms with Crippen LogP contribution in [0.5, 0.6) is 0 Å². The maximum atomic E-state index is 12.5. The van der Waals surface area contributed by atoms with Gasteiger partial charge in [0.25, 0.3) is 0 Å². The summed E-state index contributed by atoms with van der Waals surface area (Å²) in [7, 11) is 0. The number of amides is 2. The van der Waals surface area contributed by atoms with Gasteiger partial charge < -0.3 is 16.4 Å². The highest BCUT2D eigenvalue weighted by Gasteiger charge is 2.32. The monoisotopic (exact) mass is 335 g/mol. The lowest BCUT2D eigenvalue weighted by Gasteiger charge is -2.30. The zero-order valence-corrected chi connectivity index (χ0v) is 14.8. The van der Waals surface area contributed by atoms with Crippen LogP contribution in [0.3, 0.4) is 0 Å². The van der Waals surface area contributed by atoms with E-state index in [-0.39, 0.29) is 35.7 Å². The molecule has 0 aromatic heterocycles. The highest BCUT2D eigenvalue weighted by atomic mass is 16.2. The minimum Gasteiger partial charge on any atom is -0.353 e. The summed E-state index contributed by atoms with van der Waals surface area (Å²) in [5.74, 6) is 1.26. The summed E-state index contributed by atoms with van der Waals surface area (Å²) in [6.07, 6.45) is 11.5. The van der Waals surface area contributed by atoms with E-state index in [1.807, 2.05) is 0 Å². The van der Waals surface area contributed by atoms with Gasteiger partial charge in [0.2, 0.25) is 11.8 Å². The molecule has 5 nitrogen and oxygen atoms in total. The molecule has 2 amide bonds. The van der Waals surface area contributed by atoms with Gasteiger partial charge in [-0.05, 0) is 63.8 Å². The molecule has 4 N–H and O–H groups in total. The summed E-state index contributed by atoms with van der Waals surface area (Å²) >= 11 is 0. The van der Waals surface area contributed by atoms with Crippen LogP contribution in [0.1, 0.15) is 70.6 Å². The molecule has 3 rings (SSSR count).